The van der Waals surface area contributed by atoms with Crippen molar-refractivity contribution in [1.82, 2.24) is 15.5 Å². The molecule has 0 aliphatic carbocycles. The monoisotopic (exact) mass is 410 g/mol. The van der Waals surface area contributed by atoms with Crippen LogP contribution in [0.15, 0.2) is 41.3 Å². The molecule has 26 heavy (non-hydrogen) atoms. The molecule has 1 saturated heterocycles. The second-order valence-corrected chi connectivity index (χ2v) is 8.08. The number of aromatic nitrogens is 2. The van der Waals surface area contributed by atoms with Crippen LogP contribution in [0.25, 0.3) is 0 Å². The fourth-order valence-electron chi connectivity index (χ4n) is 2.90. The molecule has 2 heterocycles. The molecule has 1 aliphatic heterocycles. The third-order valence-corrected chi connectivity index (χ3v) is 5.69. The van der Waals surface area contributed by atoms with E-state index in [4.69, 9.17) is 23.2 Å². The molecule has 138 valence electrons. The molecule has 2 aromatic rings. The topological polar surface area (TPSA) is 58.1 Å². The van der Waals surface area contributed by atoms with E-state index in [-0.39, 0.29) is 11.8 Å². The van der Waals surface area contributed by atoms with Crippen molar-refractivity contribution in [2.45, 2.75) is 17.7 Å². The van der Waals surface area contributed by atoms with Crippen LogP contribution in [0.5, 0.6) is 0 Å². The van der Waals surface area contributed by atoms with E-state index in [1.165, 1.54) is 0 Å². The van der Waals surface area contributed by atoms with Gasteiger partial charge in [0.25, 0.3) is 0 Å². The third-order valence-electron chi connectivity index (χ3n) is 4.22. The second kappa shape index (κ2) is 9.44. The summed E-state index contributed by atoms with van der Waals surface area (Å²) in [5.41, 5.74) is 0. The molecule has 8 heteroatoms. The molecule has 0 radical (unpaired) electrons. The van der Waals surface area contributed by atoms with Gasteiger partial charge in [-0.2, -0.15) is 0 Å². The summed E-state index contributed by atoms with van der Waals surface area (Å²) >= 11 is 13.4. The summed E-state index contributed by atoms with van der Waals surface area (Å²) in [5.74, 6) is 1.67. The molecule has 1 aliphatic rings. The number of anilines is 1. The van der Waals surface area contributed by atoms with Crippen molar-refractivity contribution in [3.05, 3.63) is 46.6 Å². The Bertz CT molecular complexity index is 727. The van der Waals surface area contributed by atoms with Crippen molar-refractivity contribution < 1.29 is 4.79 Å². The number of benzene rings is 1. The van der Waals surface area contributed by atoms with Crippen LogP contribution in [0.4, 0.5) is 5.82 Å². The van der Waals surface area contributed by atoms with Gasteiger partial charge in [0.05, 0.1) is 5.92 Å². The van der Waals surface area contributed by atoms with Gasteiger partial charge in [-0.15, -0.1) is 22.0 Å². The molecule has 5 nitrogen and oxygen atoms in total. The molecule has 3 rings (SSSR count). The van der Waals surface area contributed by atoms with E-state index in [2.05, 4.69) is 20.4 Å². The van der Waals surface area contributed by atoms with Gasteiger partial charge in [0.15, 0.2) is 11.0 Å². The highest BCUT2D eigenvalue weighted by Gasteiger charge is 2.26. The number of thioether (sulfide) groups is 1. The number of carbonyl (C=O) groups excluding carboxylic acids is 1. The van der Waals surface area contributed by atoms with Crippen LogP contribution in [0.1, 0.15) is 12.8 Å². The third kappa shape index (κ3) is 5.50. The first kappa shape index (κ1) is 19.3. The van der Waals surface area contributed by atoms with Crippen molar-refractivity contribution in [3.8, 4) is 0 Å². The Balaban J connectivity index is 1.43. The van der Waals surface area contributed by atoms with Gasteiger partial charge in [0, 0.05) is 35.3 Å². The Kier molecular flexibility index (Phi) is 7.00. The lowest BCUT2D eigenvalue weighted by molar-refractivity contribution is -0.125. The number of halogens is 2. The number of nitrogens with one attached hydrogen (secondary N) is 1. The van der Waals surface area contributed by atoms with Gasteiger partial charge in [-0.25, -0.2) is 0 Å². The molecular weight excluding hydrogens is 391 g/mol. The summed E-state index contributed by atoms with van der Waals surface area (Å²) in [5, 5.41) is 12.1. The minimum atomic E-state index is -0.0261. The lowest BCUT2D eigenvalue weighted by Gasteiger charge is -2.32. The Hall–Kier alpha value is -1.50. The number of carbonyl (C=O) groups is 1. The van der Waals surface area contributed by atoms with Gasteiger partial charge in [-0.1, -0.05) is 23.2 Å². The molecule has 1 aromatic carbocycles. The van der Waals surface area contributed by atoms with Crippen LogP contribution in [-0.4, -0.2) is 41.5 Å². The van der Waals surface area contributed by atoms with Crippen LogP contribution in [0.3, 0.4) is 0 Å². The Labute approximate surface area is 167 Å². The predicted molar refractivity (Wildman–Crippen MR) is 107 cm³/mol. The Morgan fingerprint density at radius 1 is 1.19 bits per heavy atom. The van der Waals surface area contributed by atoms with Crippen molar-refractivity contribution in [1.29, 1.82) is 0 Å². The van der Waals surface area contributed by atoms with Crippen LogP contribution in [-0.2, 0) is 4.79 Å². The zero-order chi connectivity index (χ0) is 18.4. The average Bonchev–Trinajstić information content (AvgIpc) is 2.67. The van der Waals surface area contributed by atoms with Gasteiger partial charge >= 0.3 is 0 Å². The van der Waals surface area contributed by atoms with Crippen LogP contribution in [0, 0.1) is 5.92 Å². The van der Waals surface area contributed by atoms with E-state index in [0.717, 1.165) is 40.9 Å². The molecular formula is C18H20Cl2N4OS. The number of amides is 1. The van der Waals surface area contributed by atoms with Crippen molar-refractivity contribution >= 4 is 46.7 Å². The molecule has 0 spiro atoms. The predicted octanol–water partition coefficient (Wildman–Crippen LogP) is 3.91. The van der Waals surface area contributed by atoms with E-state index < -0.39 is 0 Å². The van der Waals surface area contributed by atoms with Crippen molar-refractivity contribution in [3.63, 3.8) is 0 Å². The molecule has 1 aromatic heterocycles. The van der Waals surface area contributed by atoms with E-state index in [0.29, 0.717) is 18.2 Å². The van der Waals surface area contributed by atoms with Crippen LogP contribution >= 0.6 is 35.0 Å². The fourth-order valence-corrected chi connectivity index (χ4v) is 3.89. The first-order valence-corrected chi connectivity index (χ1v) is 10.3. The van der Waals surface area contributed by atoms with E-state index >= 15 is 0 Å². The minimum absolute atomic E-state index is 0.0261. The number of rotatable bonds is 6. The molecule has 1 amide bonds. The summed E-state index contributed by atoms with van der Waals surface area (Å²) in [4.78, 5) is 15.7. The molecule has 1 N–H and O–H groups in total. The number of hydrogen-bond donors (Lipinski definition) is 1. The normalized spacial score (nSPS) is 17.2. The number of piperidine rings is 1. The summed E-state index contributed by atoms with van der Waals surface area (Å²) in [6.45, 7) is 2.18. The zero-order valence-electron chi connectivity index (χ0n) is 14.2. The molecule has 1 atom stereocenters. The molecule has 1 unspecified atom stereocenters. The highest BCUT2D eigenvalue weighted by molar-refractivity contribution is 7.99. The average molecular weight is 411 g/mol. The van der Waals surface area contributed by atoms with E-state index in [1.807, 2.05) is 30.3 Å². The summed E-state index contributed by atoms with van der Waals surface area (Å²) in [7, 11) is 0. The quantitative estimate of drug-likeness (QED) is 0.577. The molecule has 1 fully saturated rings. The maximum atomic E-state index is 12.5. The maximum Gasteiger partial charge on any atom is 0.224 e. The zero-order valence-corrected chi connectivity index (χ0v) is 16.5. The maximum absolute atomic E-state index is 12.5. The van der Waals surface area contributed by atoms with Gasteiger partial charge < -0.3 is 10.2 Å². The summed E-state index contributed by atoms with van der Waals surface area (Å²) in [6, 6.07) is 11.3. The minimum Gasteiger partial charge on any atom is -0.355 e. The van der Waals surface area contributed by atoms with Crippen LogP contribution in [0.2, 0.25) is 10.2 Å². The van der Waals surface area contributed by atoms with E-state index in [1.54, 1.807) is 17.8 Å². The Morgan fingerprint density at radius 2 is 2.00 bits per heavy atom. The lowest BCUT2D eigenvalue weighted by Crippen LogP contribution is -2.43. The SMILES string of the molecule is O=C(NCCSc1ccc(Cl)cc1)C1CCCN(c2ccc(Cl)nn2)C1. The van der Waals surface area contributed by atoms with Gasteiger partial charge in [0.1, 0.15) is 0 Å². The Morgan fingerprint density at radius 3 is 2.73 bits per heavy atom. The van der Waals surface area contributed by atoms with E-state index in [9.17, 15) is 4.79 Å². The largest absolute Gasteiger partial charge is 0.355 e. The standard InChI is InChI=1S/C18H20Cl2N4OS/c19-14-3-5-15(6-4-14)26-11-9-21-18(25)13-2-1-10-24(12-13)17-8-7-16(20)22-23-17/h3-8,13H,1-2,9-12H2,(H,21,25). The lowest BCUT2D eigenvalue weighted by atomic mass is 9.97. The number of hydrogen-bond acceptors (Lipinski definition) is 5. The van der Waals surface area contributed by atoms with Crippen molar-refractivity contribution in [2.75, 3.05) is 30.3 Å². The van der Waals surface area contributed by atoms with Gasteiger partial charge in [0.2, 0.25) is 5.91 Å². The summed E-state index contributed by atoms with van der Waals surface area (Å²) < 4.78 is 0. The highest BCUT2D eigenvalue weighted by atomic mass is 35.5. The number of nitrogens with zero attached hydrogens (tertiary/aromatic N) is 3. The van der Waals surface area contributed by atoms with Gasteiger partial charge in [-0.3, -0.25) is 4.79 Å². The fraction of sp³-hybridized carbons (Fsp3) is 0.389. The smallest absolute Gasteiger partial charge is 0.224 e. The highest BCUT2D eigenvalue weighted by Crippen LogP contribution is 2.22. The van der Waals surface area contributed by atoms with Crippen LogP contribution < -0.4 is 10.2 Å². The van der Waals surface area contributed by atoms with Gasteiger partial charge in [-0.05, 0) is 49.2 Å². The first-order chi connectivity index (χ1) is 12.6. The van der Waals surface area contributed by atoms with Crippen molar-refractivity contribution in [2.24, 2.45) is 5.92 Å². The first-order valence-electron chi connectivity index (χ1n) is 8.52. The second-order valence-electron chi connectivity index (χ2n) is 6.09. The molecule has 0 saturated carbocycles. The molecule has 0 bridgehead atoms. The summed E-state index contributed by atoms with van der Waals surface area (Å²) in [6.07, 6.45) is 1.86.